The number of carbonyl (C=O) groups is 1. The van der Waals surface area contributed by atoms with Crippen LogP contribution in [0.25, 0.3) is 0 Å². The quantitative estimate of drug-likeness (QED) is 0.385. The van der Waals surface area contributed by atoms with Crippen LogP contribution in [0.3, 0.4) is 0 Å². The molecule has 0 atom stereocenters. The predicted molar refractivity (Wildman–Crippen MR) is 112 cm³/mol. The molecule has 0 bridgehead atoms. The van der Waals surface area contributed by atoms with Crippen molar-refractivity contribution in [2.24, 2.45) is 5.41 Å². The van der Waals surface area contributed by atoms with Gasteiger partial charge in [0.15, 0.2) is 0 Å². The van der Waals surface area contributed by atoms with E-state index in [1.165, 1.54) is 19.3 Å². The van der Waals surface area contributed by atoms with Crippen LogP contribution in [-0.2, 0) is 9.36 Å². The number of carbonyl (C=O) groups excluding carboxylic acids is 1. The van der Waals surface area contributed by atoms with Crippen molar-refractivity contribution in [2.75, 3.05) is 0 Å². The van der Waals surface area contributed by atoms with Crippen LogP contribution < -0.4 is 10.6 Å². The molecule has 0 fully saturated rings. The molecule has 0 aliphatic rings. The van der Waals surface area contributed by atoms with Gasteiger partial charge in [-0.25, -0.2) is 0 Å². The van der Waals surface area contributed by atoms with Crippen molar-refractivity contribution in [1.82, 2.24) is 0 Å². The molecule has 0 N–H and O–H groups in total. The summed E-state index contributed by atoms with van der Waals surface area (Å²) in [5.41, 5.74) is -0.264. The van der Waals surface area contributed by atoms with E-state index >= 15 is 0 Å². The summed E-state index contributed by atoms with van der Waals surface area (Å²) in [6.45, 7) is 6.44. The molecule has 0 amide bonds. The van der Waals surface area contributed by atoms with E-state index in [9.17, 15) is 9.36 Å². The van der Waals surface area contributed by atoms with E-state index < -0.39 is 7.14 Å². The lowest BCUT2D eigenvalue weighted by molar-refractivity contribution is -0.113. The Morgan fingerprint density at radius 2 is 1.35 bits per heavy atom. The third kappa shape index (κ3) is 5.17. The van der Waals surface area contributed by atoms with Gasteiger partial charge in [-0.3, -0.25) is 4.79 Å². The molecule has 2 aromatic carbocycles. The first-order valence-electron chi connectivity index (χ1n) is 9.65. The van der Waals surface area contributed by atoms with E-state index in [4.69, 9.17) is 0 Å². The van der Waals surface area contributed by atoms with Gasteiger partial charge < -0.3 is 4.57 Å². The first kappa shape index (κ1) is 20.6. The van der Waals surface area contributed by atoms with Crippen LogP contribution in [0.1, 0.15) is 59.3 Å². The van der Waals surface area contributed by atoms with Crippen molar-refractivity contribution < 1.29 is 9.36 Å². The number of hydrogen-bond acceptors (Lipinski definition) is 2. The molecule has 0 aliphatic carbocycles. The fraction of sp³-hybridized carbons (Fsp3) is 0.435. The zero-order chi connectivity index (χ0) is 19.0. The zero-order valence-corrected chi connectivity index (χ0v) is 17.2. The van der Waals surface area contributed by atoms with Crippen molar-refractivity contribution in [3.05, 3.63) is 60.7 Å². The van der Waals surface area contributed by atoms with Crippen molar-refractivity contribution in [2.45, 2.75) is 59.3 Å². The molecule has 0 unspecified atom stereocenters. The van der Waals surface area contributed by atoms with Crippen molar-refractivity contribution in [3.63, 3.8) is 0 Å². The Kier molecular flexibility index (Phi) is 7.41. The van der Waals surface area contributed by atoms with Crippen LogP contribution in [0, 0.1) is 5.41 Å². The summed E-state index contributed by atoms with van der Waals surface area (Å²) in [6, 6.07) is 18.5. The zero-order valence-electron chi connectivity index (χ0n) is 16.3. The van der Waals surface area contributed by atoms with Gasteiger partial charge in [-0.05, 0) is 11.8 Å². The summed E-state index contributed by atoms with van der Waals surface area (Å²) in [7, 11) is -3.30. The van der Waals surface area contributed by atoms with E-state index in [-0.39, 0.29) is 10.9 Å². The van der Waals surface area contributed by atoms with Crippen LogP contribution >= 0.6 is 7.14 Å². The second kappa shape index (κ2) is 9.33. The summed E-state index contributed by atoms with van der Waals surface area (Å²) in [4.78, 5) is 13.3. The van der Waals surface area contributed by atoms with Crippen LogP contribution in [-0.4, -0.2) is 5.52 Å². The van der Waals surface area contributed by atoms with Crippen LogP contribution in [0.4, 0.5) is 0 Å². The van der Waals surface area contributed by atoms with E-state index in [1.54, 1.807) is 0 Å². The van der Waals surface area contributed by atoms with E-state index in [0.717, 1.165) is 12.8 Å². The highest BCUT2D eigenvalue weighted by molar-refractivity contribution is 7.93. The van der Waals surface area contributed by atoms with Crippen molar-refractivity contribution in [1.29, 1.82) is 0 Å². The molecule has 0 spiro atoms. The third-order valence-corrected chi connectivity index (χ3v) is 7.84. The summed E-state index contributed by atoms with van der Waals surface area (Å²) >= 11 is 0. The van der Waals surface area contributed by atoms with Gasteiger partial charge in [0.05, 0.1) is 0 Å². The number of benzene rings is 2. The van der Waals surface area contributed by atoms with Gasteiger partial charge >= 0.3 is 0 Å². The predicted octanol–water partition coefficient (Wildman–Crippen LogP) is 5.91. The standard InChI is InChI=1S/C23H31O2P/c1-4-5-6-13-18-23(2,3)19-22(24)26(25,20-14-9-7-10-15-20)21-16-11-8-12-17-21/h7-12,14-17H,4-6,13,18-19H2,1-3H3. The molecule has 26 heavy (non-hydrogen) atoms. The molecular formula is C23H31O2P. The molecule has 0 saturated heterocycles. The Labute approximate surface area is 158 Å². The lowest BCUT2D eigenvalue weighted by Crippen LogP contribution is -2.26. The Bertz CT molecular complexity index is 692. The van der Waals surface area contributed by atoms with Crippen molar-refractivity contribution >= 4 is 23.3 Å². The third-order valence-electron chi connectivity index (χ3n) is 4.93. The minimum absolute atomic E-state index is 0.129. The van der Waals surface area contributed by atoms with Crippen LogP contribution in [0.2, 0.25) is 0 Å². The monoisotopic (exact) mass is 370 g/mol. The highest BCUT2D eigenvalue weighted by Gasteiger charge is 2.38. The molecule has 2 rings (SSSR count). The van der Waals surface area contributed by atoms with Gasteiger partial charge in [0, 0.05) is 17.0 Å². The summed E-state index contributed by atoms with van der Waals surface area (Å²) in [6.07, 6.45) is 6.09. The van der Waals surface area contributed by atoms with Crippen molar-refractivity contribution in [3.8, 4) is 0 Å². The lowest BCUT2D eigenvalue weighted by Gasteiger charge is -2.27. The highest BCUT2D eigenvalue weighted by atomic mass is 31.2. The molecule has 3 heteroatoms. The van der Waals surface area contributed by atoms with E-state index in [0.29, 0.717) is 17.0 Å². The summed E-state index contributed by atoms with van der Waals surface area (Å²) in [5, 5.41) is 1.27. The number of hydrogen-bond donors (Lipinski definition) is 0. The lowest BCUT2D eigenvalue weighted by atomic mass is 9.84. The molecule has 2 aromatic rings. The smallest absolute Gasteiger partial charge is 0.205 e. The average Bonchev–Trinajstić information content (AvgIpc) is 2.65. The van der Waals surface area contributed by atoms with Gasteiger partial charge in [-0.1, -0.05) is 107 Å². The second-order valence-electron chi connectivity index (χ2n) is 7.83. The molecule has 140 valence electrons. The molecule has 0 aliphatic heterocycles. The molecule has 0 aromatic heterocycles. The highest BCUT2D eigenvalue weighted by Crippen LogP contribution is 2.48. The normalized spacial score (nSPS) is 12.1. The maximum absolute atomic E-state index is 14.0. The second-order valence-corrected chi connectivity index (χ2v) is 10.6. The molecule has 0 saturated carbocycles. The first-order valence-corrected chi connectivity index (χ1v) is 11.4. The fourth-order valence-corrected chi connectivity index (χ4v) is 6.06. The summed E-state index contributed by atoms with van der Waals surface area (Å²) in [5.74, 6) is 0. The minimum atomic E-state index is -3.30. The first-order chi connectivity index (χ1) is 12.4. The minimum Gasteiger partial charge on any atom is -0.306 e. The fourth-order valence-electron chi connectivity index (χ4n) is 3.35. The molecular weight excluding hydrogens is 339 g/mol. The van der Waals surface area contributed by atoms with Gasteiger partial charge in [-0.2, -0.15) is 0 Å². The Morgan fingerprint density at radius 3 is 1.81 bits per heavy atom. The maximum Gasteiger partial charge on any atom is 0.205 e. The molecule has 0 heterocycles. The van der Waals surface area contributed by atoms with E-state index in [1.807, 2.05) is 60.7 Å². The average molecular weight is 370 g/mol. The van der Waals surface area contributed by atoms with Gasteiger partial charge in [0.2, 0.25) is 12.7 Å². The van der Waals surface area contributed by atoms with Gasteiger partial charge in [0.1, 0.15) is 0 Å². The van der Waals surface area contributed by atoms with Gasteiger partial charge in [0.25, 0.3) is 0 Å². The number of rotatable bonds is 10. The topological polar surface area (TPSA) is 34.1 Å². The van der Waals surface area contributed by atoms with E-state index in [2.05, 4.69) is 20.8 Å². The number of unbranched alkanes of at least 4 members (excludes halogenated alkanes) is 3. The SMILES string of the molecule is CCCCCCC(C)(C)CC(=O)P(=O)(c1ccccc1)c1ccccc1. The summed E-state index contributed by atoms with van der Waals surface area (Å²) < 4.78 is 14.0. The Hall–Kier alpha value is -1.66. The van der Waals surface area contributed by atoms with Crippen LogP contribution in [0.5, 0.6) is 0 Å². The van der Waals surface area contributed by atoms with Gasteiger partial charge in [-0.15, -0.1) is 0 Å². The molecule has 0 radical (unpaired) electrons. The largest absolute Gasteiger partial charge is 0.306 e. The molecule has 2 nitrogen and oxygen atoms in total. The Morgan fingerprint density at radius 1 is 0.846 bits per heavy atom. The Balaban J connectivity index is 2.26. The van der Waals surface area contributed by atoms with Crippen LogP contribution in [0.15, 0.2) is 60.7 Å². The maximum atomic E-state index is 14.0.